The molecule has 0 aliphatic heterocycles. The summed E-state index contributed by atoms with van der Waals surface area (Å²) >= 11 is 3.41. The minimum absolute atomic E-state index is 0.505. The van der Waals surface area contributed by atoms with Crippen LogP contribution in [-0.2, 0) is 6.61 Å². The molecule has 1 heterocycles. The van der Waals surface area contributed by atoms with Gasteiger partial charge < -0.3 is 10.5 Å². The average Bonchev–Trinajstić information content (AvgIpc) is 2.32. The van der Waals surface area contributed by atoms with Gasteiger partial charge >= 0.3 is 0 Å². The second-order valence-corrected chi connectivity index (χ2v) is 4.19. The number of nitrogens with two attached hydrogens (primary N) is 1. The Hall–Kier alpha value is -1.55. The molecule has 16 heavy (non-hydrogen) atoms. The standard InChI is InChI=1S/C12H11BrN2O/c13-11-2-1-10(14)7-12(11)16-8-9-3-5-15-6-4-9/h1-7H,8,14H2. The maximum absolute atomic E-state index is 5.69. The molecular weight excluding hydrogens is 268 g/mol. The summed E-state index contributed by atoms with van der Waals surface area (Å²) in [5, 5.41) is 0. The van der Waals surface area contributed by atoms with Crippen LogP contribution in [0.2, 0.25) is 0 Å². The molecule has 1 aromatic carbocycles. The minimum Gasteiger partial charge on any atom is -0.488 e. The Morgan fingerprint density at radius 3 is 2.69 bits per heavy atom. The fraction of sp³-hybridized carbons (Fsp3) is 0.0833. The van der Waals surface area contributed by atoms with E-state index in [9.17, 15) is 0 Å². The predicted molar refractivity (Wildman–Crippen MR) is 67.1 cm³/mol. The van der Waals surface area contributed by atoms with Gasteiger partial charge in [0.1, 0.15) is 12.4 Å². The number of hydrogen-bond donors (Lipinski definition) is 1. The predicted octanol–water partition coefficient (Wildman–Crippen LogP) is 3.01. The monoisotopic (exact) mass is 278 g/mol. The second-order valence-electron chi connectivity index (χ2n) is 3.33. The van der Waals surface area contributed by atoms with E-state index in [1.165, 1.54) is 0 Å². The van der Waals surface area contributed by atoms with E-state index in [0.717, 1.165) is 15.8 Å². The molecule has 0 saturated heterocycles. The number of pyridine rings is 1. The van der Waals surface area contributed by atoms with Crippen molar-refractivity contribution >= 4 is 21.6 Å². The Morgan fingerprint density at radius 2 is 1.94 bits per heavy atom. The van der Waals surface area contributed by atoms with Crippen LogP contribution in [0.15, 0.2) is 47.2 Å². The second kappa shape index (κ2) is 4.99. The van der Waals surface area contributed by atoms with E-state index < -0.39 is 0 Å². The summed E-state index contributed by atoms with van der Waals surface area (Å²) in [5.41, 5.74) is 7.45. The van der Waals surface area contributed by atoms with Crippen molar-refractivity contribution in [2.75, 3.05) is 5.73 Å². The molecule has 0 radical (unpaired) electrons. The molecule has 0 amide bonds. The van der Waals surface area contributed by atoms with Crippen LogP contribution < -0.4 is 10.5 Å². The molecule has 2 rings (SSSR count). The first kappa shape index (κ1) is 11.0. The molecule has 0 aliphatic rings. The maximum Gasteiger partial charge on any atom is 0.136 e. The summed E-state index contributed by atoms with van der Waals surface area (Å²) in [6, 6.07) is 9.33. The van der Waals surface area contributed by atoms with Crippen molar-refractivity contribution in [3.63, 3.8) is 0 Å². The Kier molecular flexibility index (Phi) is 3.41. The largest absolute Gasteiger partial charge is 0.488 e. The SMILES string of the molecule is Nc1ccc(Br)c(OCc2ccncc2)c1. The van der Waals surface area contributed by atoms with Crippen LogP contribution in [0.3, 0.4) is 0 Å². The third-order valence-corrected chi connectivity index (χ3v) is 2.75. The number of hydrogen-bond acceptors (Lipinski definition) is 3. The molecule has 0 unspecified atom stereocenters. The van der Waals surface area contributed by atoms with E-state index in [1.807, 2.05) is 24.3 Å². The number of nitrogen functional groups attached to an aromatic ring is 1. The van der Waals surface area contributed by atoms with Gasteiger partial charge in [0.05, 0.1) is 4.47 Å². The van der Waals surface area contributed by atoms with Gasteiger partial charge in [0.25, 0.3) is 0 Å². The van der Waals surface area contributed by atoms with Gasteiger partial charge in [0.2, 0.25) is 0 Å². The first-order valence-corrected chi connectivity index (χ1v) is 5.62. The van der Waals surface area contributed by atoms with Gasteiger partial charge in [-0.05, 0) is 45.8 Å². The molecule has 0 atom stereocenters. The fourth-order valence-corrected chi connectivity index (χ4v) is 1.63. The zero-order chi connectivity index (χ0) is 11.4. The molecular formula is C12H11BrN2O. The van der Waals surface area contributed by atoms with Crippen LogP contribution in [0.25, 0.3) is 0 Å². The van der Waals surface area contributed by atoms with Crippen molar-refractivity contribution in [3.05, 3.63) is 52.8 Å². The average molecular weight is 279 g/mol. The van der Waals surface area contributed by atoms with Gasteiger partial charge in [-0.15, -0.1) is 0 Å². The highest BCUT2D eigenvalue weighted by Crippen LogP contribution is 2.27. The lowest BCUT2D eigenvalue weighted by molar-refractivity contribution is 0.304. The van der Waals surface area contributed by atoms with E-state index in [-0.39, 0.29) is 0 Å². The van der Waals surface area contributed by atoms with Crippen molar-refractivity contribution in [3.8, 4) is 5.75 Å². The van der Waals surface area contributed by atoms with E-state index in [0.29, 0.717) is 12.3 Å². The van der Waals surface area contributed by atoms with Crippen molar-refractivity contribution in [2.45, 2.75) is 6.61 Å². The molecule has 0 bridgehead atoms. The molecule has 2 N–H and O–H groups in total. The highest BCUT2D eigenvalue weighted by Gasteiger charge is 2.01. The number of nitrogens with zero attached hydrogens (tertiary/aromatic N) is 1. The summed E-state index contributed by atoms with van der Waals surface area (Å²) in [7, 11) is 0. The Bertz CT molecular complexity index is 474. The lowest BCUT2D eigenvalue weighted by atomic mass is 10.3. The molecule has 82 valence electrons. The quantitative estimate of drug-likeness (QED) is 0.878. The molecule has 2 aromatic rings. The number of aromatic nitrogens is 1. The Labute approximate surface area is 102 Å². The van der Waals surface area contributed by atoms with Crippen LogP contribution in [0, 0.1) is 0 Å². The van der Waals surface area contributed by atoms with Crippen LogP contribution in [-0.4, -0.2) is 4.98 Å². The molecule has 1 aromatic heterocycles. The topological polar surface area (TPSA) is 48.1 Å². The van der Waals surface area contributed by atoms with Gasteiger partial charge in [-0.1, -0.05) is 0 Å². The molecule has 0 aliphatic carbocycles. The number of benzene rings is 1. The lowest BCUT2D eigenvalue weighted by Crippen LogP contribution is -1.97. The summed E-state index contributed by atoms with van der Waals surface area (Å²) in [4.78, 5) is 3.95. The summed E-state index contributed by atoms with van der Waals surface area (Å²) < 4.78 is 6.55. The van der Waals surface area contributed by atoms with E-state index in [1.54, 1.807) is 18.5 Å². The summed E-state index contributed by atoms with van der Waals surface area (Å²) in [6.07, 6.45) is 3.49. The minimum atomic E-state index is 0.505. The Balaban J connectivity index is 2.08. The van der Waals surface area contributed by atoms with E-state index in [4.69, 9.17) is 10.5 Å². The van der Waals surface area contributed by atoms with Gasteiger partial charge in [-0.25, -0.2) is 0 Å². The summed E-state index contributed by atoms with van der Waals surface area (Å²) in [6.45, 7) is 0.505. The molecule has 4 heteroatoms. The van der Waals surface area contributed by atoms with Crippen molar-refractivity contribution in [1.29, 1.82) is 0 Å². The van der Waals surface area contributed by atoms with Gasteiger partial charge in [0, 0.05) is 24.1 Å². The number of anilines is 1. The third-order valence-electron chi connectivity index (χ3n) is 2.10. The van der Waals surface area contributed by atoms with E-state index >= 15 is 0 Å². The number of ether oxygens (including phenoxy) is 1. The van der Waals surface area contributed by atoms with Crippen molar-refractivity contribution in [1.82, 2.24) is 4.98 Å². The molecule has 0 saturated carbocycles. The van der Waals surface area contributed by atoms with Crippen molar-refractivity contribution in [2.24, 2.45) is 0 Å². The number of halogens is 1. The van der Waals surface area contributed by atoms with Gasteiger partial charge in [-0.2, -0.15) is 0 Å². The normalized spacial score (nSPS) is 10.1. The smallest absolute Gasteiger partial charge is 0.136 e. The van der Waals surface area contributed by atoms with Gasteiger partial charge in [-0.3, -0.25) is 4.98 Å². The first-order chi connectivity index (χ1) is 7.75. The Morgan fingerprint density at radius 1 is 1.19 bits per heavy atom. The summed E-state index contributed by atoms with van der Waals surface area (Å²) in [5.74, 6) is 0.747. The van der Waals surface area contributed by atoms with Gasteiger partial charge in [0.15, 0.2) is 0 Å². The molecule has 0 spiro atoms. The highest BCUT2D eigenvalue weighted by molar-refractivity contribution is 9.10. The van der Waals surface area contributed by atoms with Crippen LogP contribution >= 0.6 is 15.9 Å². The zero-order valence-corrected chi connectivity index (χ0v) is 10.1. The van der Waals surface area contributed by atoms with Crippen molar-refractivity contribution < 1.29 is 4.74 Å². The lowest BCUT2D eigenvalue weighted by Gasteiger charge is -2.08. The molecule has 0 fully saturated rings. The molecule has 3 nitrogen and oxygen atoms in total. The maximum atomic E-state index is 5.69. The first-order valence-electron chi connectivity index (χ1n) is 4.82. The number of rotatable bonds is 3. The third kappa shape index (κ3) is 2.73. The van der Waals surface area contributed by atoms with Crippen LogP contribution in [0.5, 0.6) is 5.75 Å². The highest BCUT2D eigenvalue weighted by atomic mass is 79.9. The van der Waals surface area contributed by atoms with Crippen LogP contribution in [0.1, 0.15) is 5.56 Å². The zero-order valence-electron chi connectivity index (χ0n) is 8.56. The fourth-order valence-electron chi connectivity index (χ4n) is 1.27. The van der Waals surface area contributed by atoms with E-state index in [2.05, 4.69) is 20.9 Å². The van der Waals surface area contributed by atoms with Crippen LogP contribution in [0.4, 0.5) is 5.69 Å².